The van der Waals surface area contributed by atoms with Crippen molar-refractivity contribution in [1.82, 2.24) is 0 Å². The van der Waals surface area contributed by atoms with Gasteiger partial charge in [-0.15, -0.1) is 0 Å². The number of urea groups is 1. The Morgan fingerprint density at radius 2 is 1.87 bits per heavy atom. The van der Waals surface area contributed by atoms with E-state index in [4.69, 9.17) is 5.73 Å². The Labute approximate surface area is 136 Å². The molecule has 0 saturated carbocycles. The van der Waals surface area contributed by atoms with Crippen LogP contribution in [0.15, 0.2) is 42.5 Å². The summed E-state index contributed by atoms with van der Waals surface area (Å²) >= 11 is 0. The first kappa shape index (κ1) is 14.1. The third kappa shape index (κ3) is 2.65. The number of anilines is 2. The Kier molecular flexibility index (Phi) is 3.45. The largest absolute Gasteiger partial charge is 0.385 e. The highest BCUT2D eigenvalue weighted by atomic mass is 16.2. The van der Waals surface area contributed by atoms with Gasteiger partial charge >= 0.3 is 6.03 Å². The molecule has 3 N–H and O–H groups in total. The third-order valence-corrected chi connectivity index (χ3v) is 4.98. The van der Waals surface area contributed by atoms with Crippen LogP contribution in [-0.2, 0) is 19.3 Å². The molecule has 4 heteroatoms. The molecule has 2 aromatic rings. The summed E-state index contributed by atoms with van der Waals surface area (Å²) in [6, 6.07) is 14.6. The molecule has 0 bridgehead atoms. The van der Waals surface area contributed by atoms with Crippen molar-refractivity contribution in [2.45, 2.75) is 19.3 Å². The Bertz CT molecular complexity index is 731. The van der Waals surface area contributed by atoms with Gasteiger partial charge in [0.05, 0.1) is 5.69 Å². The molecule has 0 aromatic heterocycles. The second-order valence-electron chi connectivity index (χ2n) is 6.51. The predicted molar refractivity (Wildman–Crippen MR) is 92.9 cm³/mol. The maximum absolute atomic E-state index is 11.5. The molecule has 0 unspecified atom stereocenters. The van der Waals surface area contributed by atoms with Crippen molar-refractivity contribution in [3.63, 3.8) is 0 Å². The normalized spacial score (nSPS) is 16.3. The van der Waals surface area contributed by atoms with Crippen molar-refractivity contribution in [1.29, 1.82) is 0 Å². The number of carbonyl (C=O) groups is 1. The first-order valence-corrected chi connectivity index (χ1v) is 8.21. The maximum Gasteiger partial charge on any atom is 0.319 e. The zero-order valence-electron chi connectivity index (χ0n) is 13.1. The van der Waals surface area contributed by atoms with Crippen molar-refractivity contribution in [2.24, 2.45) is 11.7 Å². The van der Waals surface area contributed by atoms with Gasteiger partial charge in [-0.2, -0.15) is 0 Å². The smallest absolute Gasteiger partial charge is 0.319 e. The second-order valence-corrected chi connectivity index (χ2v) is 6.51. The lowest BCUT2D eigenvalue weighted by atomic mass is 10.1. The number of hydrogen-bond donors (Lipinski definition) is 2. The van der Waals surface area contributed by atoms with E-state index >= 15 is 0 Å². The summed E-state index contributed by atoms with van der Waals surface area (Å²) in [6.07, 6.45) is 3.17. The van der Waals surface area contributed by atoms with Crippen molar-refractivity contribution in [3.8, 4) is 0 Å². The van der Waals surface area contributed by atoms with E-state index in [0.717, 1.165) is 37.2 Å². The number of carbonyl (C=O) groups excluding carboxylic acids is 1. The summed E-state index contributed by atoms with van der Waals surface area (Å²) in [4.78, 5) is 13.2. The SMILES string of the molecule is NC(=O)N1CCc2ccc(NCC3Cc4ccccc4C3)cc21. The lowest BCUT2D eigenvalue weighted by Gasteiger charge is -2.16. The molecule has 0 saturated heterocycles. The number of benzene rings is 2. The number of fused-ring (bicyclic) bond motifs is 2. The average molecular weight is 307 g/mol. The predicted octanol–water partition coefficient (Wildman–Crippen LogP) is 2.95. The van der Waals surface area contributed by atoms with Gasteiger partial charge in [-0.1, -0.05) is 30.3 Å². The van der Waals surface area contributed by atoms with Crippen LogP contribution in [0.3, 0.4) is 0 Å². The number of nitrogens with zero attached hydrogens (tertiary/aromatic N) is 1. The van der Waals surface area contributed by atoms with E-state index in [2.05, 4.69) is 47.8 Å². The van der Waals surface area contributed by atoms with Gasteiger partial charge in [0, 0.05) is 18.8 Å². The van der Waals surface area contributed by atoms with E-state index in [1.165, 1.54) is 16.7 Å². The zero-order chi connectivity index (χ0) is 15.8. The Hall–Kier alpha value is -2.49. The second kappa shape index (κ2) is 5.61. The molecule has 23 heavy (non-hydrogen) atoms. The van der Waals surface area contributed by atoms with E-state index < -0.39 is 0 Å². The minimum Gasteiger partial charge on any atom is -0.385 e. The van der Waals surface area contributed by atoms with E-state index in [-0.39, 0.29) is 6.03 Å². The Morgan fingerprint density at radius 3 is 2.57 bits per heavy atom. The third-order valence-electron chi connectivity index (χ3n) is 4.98. The fourth-order valence-corrected chi connectivity index (χ4v) is 3.77. The van der Waals surface area contributed by atoms with Crippen LogP contribution in [0.25, 0.3) is 0 Å². The van der Waals surface area contributed by atoms with Gasteiger partial charge < -0.3 is 11.1 Å². The fourth-order valence-electron chi connectivity index (χ4n) is 3.77. The summed E-state index contributed by atoms with van der Waals surface area (Å²) in [7, 11) is 0. The topological polar surface area (TPSA) is 58.4 Å². The maximum atomic E-state index is 11.5. The monoisotopic (exact) mass is 307 g/mol. The number of rotatable bonds is 3. The molecule has 1 heterocycles. The quantitative estimate of drug-likeness (QED) is 0.916. The Balaban J connectivity index is 1.43. The number of primary amides is 1. The van der Waals surface area contributed by atoms with Gasteiger partial charge in [0.1, 0.15) is 0 Å². The molecule has 2 amide bonds. The zero-order valence-corrected chi connectivity index (χ0v) is 13.1. The molecule has 2 aromatic carbocycles. The molecule has 4 rings (SSSR count). The first-order valence-electron chi connectivity index (χ1n) is 8.21. The van der Waals surface area contributed by atoms with Crippen LogP contribution in [0, 0.1) is 5.92 Å². The molecule has 0 atom stereocenters. The molecule has 2 aliphatic rings. The highest BCUT2D eigenvalue weighted by Crippen LogP contribution is 2.31. The number of amides is 2. The van der Waals surface area contributed by atoms with Gasteiger partial charge in [-0.3, -0.25) is 4.90 Å². The van der Waals surface area contributed by atoms with Crippen molar-refractivity contribution >= 4 is 17.4 Å². The summed E-state index contributed by atoms with van der Waals surface area (Å²) in [5.74, 6) is 0.632. The van der Waals surface area contributed by atoms with E-state index in [9.17, 15) is 4.79 Å². The average Bonchev–Trinajstić information content (AvgIpc) is 3.15. The summed E-state index contributed by atoms with van der Waals surface area (Å²) in [5.41, 5.74) is 11.6. The number of nitrogens with two attached hydrogens (primary N) is 1. The van der Waals surface area contributed by atoms with E-state index in [1.54, 1.807) is 4.90 Å². The Morgan fingerprint density at radius 1 is 1.13 bits per heavy atom. The van der Waals surface area contributed by atoms with Gasteiger partial charge in [0.15, 0.2) is 0 Å². The van der Waals surface area contributed by atoms with Gasteiger partial charge in [-0.25, -0.2) is 4.79 Å². The van der Waals surface area contributed by atoms with Gasteiger partial charge in [-0.05, 0) is 54.0 Å². The van der Waals surface area contributed by atoms with E-state index in [0.29, 0.717) is 12.5 Å². The molecule has 0 radical (unpaired) electrons. The molecule has 1 aliphatic heterocycles. The van der Waals surface area contributed by atoms with Crippen LogP contribution in [0.1, 0.15) is 16.7 Å². The molecular formula is C19H21N3O. The van der Waals surface area contributed by atoms with Crippen LogP contribution < -0.4 is 16.0 Å². The van der Waals surface area contributed by atoms with Crippen LogP contribution >= 0.6 is 0 Å². The lowest BCUT2D eigenvalue weighted by molar-refractivity contribution is 0.254. The first-order chi connectivity index (χ1) is 11.2. The van der Waals surface area contributed by atoms with Crippen LogP contribution in [0.4, 0.5) is 16.2 Å². The molecule has 118 valence electrons. The number of nitrogens with one attached hydrogen (secondary N) is 1. The molecule has 0 fully saturated rings. The molecule has 0 spiro atoms. The molecule has 4 nitrogen and oxygen atoms in total. The molecular weight excluding hydrogens is 286 g/mol. The summed E-state index contributed by atoms with van der Waals surface area (Å²) in [5, 5.41) is 3.53. The van der Waals surface area contributed by atoms with Crippen LogP contribution in [-0.4, -0.2) is 19.1 Å². The standard InChI is InChI=1S/C19H21N3O/c20-19(23)22-8-7-14-5-6-17(11-18(14)22)21-12-13-9-15-3-1-2-4-16(15)10-13/h1-6,11,13,21H,7-10,12H2,(H2,20,23). The van der Waals surface area contributed by atoms with Crippen LogP contribution in [0.2, 0.25) is 0 Å². The van der Waals surface area contributed by atoms with Crippen LogP contribution in [0.5, 0.6) is 0 Å². The number of hydrogen-bond acceptors (Lipinski definition) is 2. The highest BCUT2D eigenvalue weighted by molar-refractivity contribution is 5.93. The summed E-state index contributed by atoms with van der Waals surface area (Å²) in [6.45, 7) is 1.64. The fraction of sp³-hybridized carbons (Fsp3) is 0.316. The molecule has 1 aliphatic carbocycles. The minimum atomic E-state index is -0.368. The van der Waals surface area contributed by atoms with Crippen molar-refractivity contribution in [2.75, 3.05) is 23.3 Å². The minimum absolute atomic E-state index is 0.368. The van der Waals surface area contributed by atoms with Crippen molar-refractivity contribution < 1.29 is 4.79 Å². The summed E-state index contributed by atoms with van der Waals surface area (Å²) < 4.78 is 0. The van der Waals surface area contributed by atoms with Gasteiger partial charge in [0.25, 0.3) is 0 Å². The highest BCUT2D eigenvalue weighted by Gasteiger charge is 2.24. The lowest BCUT2D eigenvalue weighted by Crippen LogP contribution is -2.34. The van der Waals surface area contributed by atoms with Crippen molar-refractivity contribution in [3.05, 3.63) is 59.2 Å². The van der Waals surface area contributed by atoms with Gasteiger partial charge in [0.2, 0.25) is 0 Å². The van der Waals surface area contributed by atoms with E-state index in [1.807, 2.05) is 0 Å².